The van der Waals surface area contributed by atoms with Crippen LogP contribution in [0.15, 0.2) is 30.3 Å². The highest BCUT2D eigenvalue weighted by Gasteiger charge is 2.06. The van der Waals surface area contributed by atoms with Gasteiger partial charge in [0.1, 0.15) is 5.75 Å². The van der Waals surface area contributed by atoms with Gasteiger partial charge in [0.15, 0.2) is 0 Å². The predicted molar refractivity (Wildman–Crippen MR) is 86.3 cm³/mol. The third kappa shape index (κ3) is 6.98. The van der Waals surface area contributed by atoms with E-state index in [2.05, 4.69) is 13.8 Å². The molecule has 0 fully saturated rings. The fraction of sp³-hybridized carbons (Fsp3) is 0.500. The van der Waals surface area contributed by atoms with Gasteiger partial charge in [-0.05, 0) is 36.1 Å². The van der Waals surface area contributed by atoms with Crippen molar-refractivity contribution < 1.29 is 14.3 Å². The molecule has 3 heteroatoms. The van der Waals surface area contributed by atoms with Crippen molar-refractivity contribution in [1.29, 1.82) is 0 Å². The van der Waals surface area contributed by atoms with Crippen molar-refractivity contribution in [3.05, 3.63) is 35.9 Å². The molecule has 0 amide bonds. The van der Waals surface area contributed by atoms with Crippen LogP contribution >= 0.6 is 0 Å². The lowest BCUT2D eigenvalue weighted by Crippen LogP contribution is -2.07. The number of rotatable bonds is 9. The van der Waals surface area contributed by atoms with Crippen LogP contribution in [0.4, 0.5) is 0 Å². The first-order valence-electron chi connectivity index (χ1n) is 7.68. The molecule has 1 atom stereocenters. The lowest BCUT2D eigenvalue weighted by molar-refractivity contribution is -0.138. The average molecular weight is 290 g/mol. The highest BCUT2D eigenvalue weighted by molar-refractivity contribution is 5.87. The van der Waals surface area contributed by atoms with Crippen molar-refractivity contribution in [3.8, 4) is 5.75 Å². The van der Waals surface area contributed by atoms with E-state index in [-0.39, 0.29) is 5.97 Å². The molecule has 0 spiro atoms. The third-order valence-corrected chi connectivity index (χ3v) is 3.57. The number of hydrogen-bond acceptors (Lipinski definition) is 3. The molecule has 0 saturated carbocycles. The summed E-state index contributed by atoms with van der Waals surface area (Å²) in [6.07, 6.45) is 7.72. The van der Waals surface area contributed by atoms with Gasteiger partial charge in [0.25, 0.3) is 0 Å². The highest BCUT2D eigenvalue weighted by Crippen LogP contribution is 2.15. The largest absolute Gasteiger partial charge is 0.497 e. The van der Waals surface area contributed by atoms with Gasteiger partial charge in [-0.3, -0.25) is 0 Å². The third-order valence-electron chi connectivity index (χ3n) is 3.57. The summed E-state index contributed by atoms with van der Waals surface area (Å²) in [5.74, 6) is 1.18. The Kier molecular flexibility index (Phi) is 8.25. The van der Waals surface area contributed by atoms with Gasteiger partial charge in [0.05, 0.1) is 13.7 Å². The Bertz CT molecular complexity index is 434. The minimum Gasteiger partial charge on any atom is -0.497 e. The van der Waals surface area contributed by atoms with E-state index in [1.165, 1.54) is 18.9 Å². The summed E-state index contributed by atoms with van der Waals surface area (Å²) in [7, 11) is 1.63. The summed E-state index contributed by atoms with van der Waals surface area (Å²) in [6.45, 7) is 4.88. The lowest BCUT2D eigenvalue weighted by Gasteiger charge is -2.12. The van der Waals surface area contributed by atoms with Crippen LogP contribution in [0.2, 0.25) is 0 Å². The molecule has 1 aromatic carbocycles. The Morgan fingerprint density at radius 3 is 2.48 bits per heavy atom. The molecule has 0 aromatic heterocycles. The van der Waals surface area contributed by atoms with Gasteiger partial charge in [-0.1, -0.05) is 45.2 Å². The molecule has 0 radical (unpaired) electrons. The van der Waals surface area contributed by atoms with Crippen molar-refractivity contribution in [3.63, 3.8) is 0 Å². The summed E-state index contributed by atoms with van der Waals surface area (Å²) in [4.78, 5) is 11.6. The van der Waals surface area contributed by atoms with Gasteiger partial charge < -0.3 is 9.47 Å². The number of benzene rings is 1. The molecule has 0 heterocycles. The standard InChI is InChI=1S/C18H26O3/c1-4-6-15(5-2)13-14-21-18(19)12-9-16-7-10-17(20-3)11-8-16/h7-12,15H,4-6,13-14H2,1-3H3. The maximum absolute atomic E-state index is 11.6. The first-order valence-corrected chi connectivity index (χ1v) is 7.68. The van der Waals surface area contributed by atoms with Crippen molar-refractivity contribution in [2.24, 2.45) is 5.92 Å². The van der Waals surface area contributed by atoms with Crippen LogP contribution < -0.4 is 4.74 Å². The molecule has 21 heavy (non-hydrogen) atoms. The minimum atomic E-state index is -0.280. The van der Waals surface area contributed by atoms with E-state index in [1.807, 2.05) is 24.3 Å². The zero-order valence-electron chi connectivity index (χ0n) is 13.3. The Labute approximate surface area is 128 Å². The van der Waals surface area contributed by atoms with Crippen molar-refractivity contribution in [2.75, 3.05) is 13.7 Å². The summed E-state index contributed by atoms with van der Waals surface area (Å²) < 4.78 is 10.3. The Balaban J connectivity index is 2.33. The number of carbonyl (C=O) groups excluding carboxylic acids is 1. The number of methoxy groups -OCH3 is 1. The van der Waals surface area contributed by atoms with E-state index in [0.717, 1.165) is 24.2 Å². The SMILES string of the molecule is CCCC(CC)CCOC(=O)C=Cc1ccc(OC)cc1. The van der Waals surface area contributed by atoms with E-state index >= 15 is 0 Å². The molecule has 1 unspecified atom stereocenters. The van der Waals surface area contributed by atoms with E-state index in [4.69, 9.17) is 9.47 Å². The van der Waals surface area contributed by atoms with E-state index in [9.17, 15) is 4.79 Å². The van der Waals surface area contributed by atoms with Crippen LogP contribution in [0.5, 0.6) is 5.75 Å². The van der Waals surface area contributed by atoms with Crippen LogP contribution in [0, 0.1) is 5.92 Å². The zero-order valence-corrected chi connectivity index (χ0v) is 13.3. The summed E-state index contributed by atoms with van der Waals surface area (Å²) in [5, 5.41) is 0. The average Bonchev–Trinajstić information content (AvgIpc) is 2.52. The van der Waals surface area contributed by atoms with Gasteiger partial charge in [-0.15, -0.1) is 0 Å². The smallest absolute Gasteiger partial charge is 0.330 e. The maximum Gasteiger partial charge on any atom is 0.330 e. The fourth-order valence-corrected chi connectivity index (χ4v) is 2.21. The van der Waals surface area contributed by atoms with E-state index in [1.54, 1.807) is 13.2 Å². The van der Waals surface area contributed by atoms with Gasteiger partial charge >= 0.3 is 5.97 Å². The molecule has 0 aliphatic carbocycles. The quantitative estimate of drug-likeness (QED) is 0.497. The molecule has 1 rings (SSSR count). The van der Waals surface area contributed by atoms with Crippen molar-refractivity contribution in [1.82, 2.24) is 0 Å². The van der Waals surface area contributed by atoms with Crippen molar-refractivity contribution >= 4 is 12.0 Å². The predicted octanol–water partition coefficient (Wildman–Crippen LogP) is 4.47. The van der Waals surface area contributed by atoms with Gasteiger partial charge in [-0.25, -0.2) is 4.79 Å². The molecule has 0 bridgehead atoms. The second-order valence-electron chi connectivity index (χ2n) is 5.13. The van der Waals surface area contributed by atoms with Gasteiger partial charge in [0, 0.05) is 6.08 Å². The number of carbonyl (C=O) groups is 1. The number of hydrogen-bond donors (Lipinski definition) is 0. The van der Waals surface area contributed by atoms with Crippen LogP contribution in [0.3, 0.4) is 0 Å². The monoisotopic (exact) mass is 290 g/mol. The lowest BCUT2D eigenvalue weighted by atomic mass is 9.98. The highest BCUT2D eigenvalue weighted by atomic mass is 16.5. The molecule has 116 valence electrons. The second-order valence-corrected chi connectivity index (χ2v) is 5.13. The fourth-order valence-electron chi connectivity index (χ4n) is 2.21. The molecule has 0 saturated heterocycles. The molecule has 0 aliphatic heterocycles. The van der Waals surface area contributed by atoms with Crippen molar-refractivity contribution in [2.45, 2.75) is 39.5 Å². The first-order chi connectivity index (χ1) is 10.2. The van der Waals surface area contributed by atoms with Crippen LogP contribution in [0.1, 0.15) is 45.1 Å². The summed E-state index contributed by atoms with van der Waals surface area (Å²) in [6, 6.07) is 7.52. The molecular weight excluding hydrogens is 264 g/mol. The van der Waals surface area contributed by atoms with E-state index < -0.39 is 0 Å². The molecule has 0 aliphatic rings. The maximum atomic E-state index is 11.6. The van der Waals surface area contributed by atoms with Crippen LogP contribution in [-0.2, 0) is 9.53 Å². The Morgan fingerprint density at radius 2 is 1.90 bits per heavy atom. The second kappa shape index (κ2) is 10.0. The minimum absolute atomic E-state index is 0.280. The van der Waals surface area contributed by atoms with Gasteiger partial charge in [0.2, 0.25) is 0 Å². The van der Waals surface area contributed by atoms with Gasteiger partial charge in [-0.2, -0.15) is 0 Å². The van der Waals surface area contributed by atoms with Crippen LogP contribution in [0.25, 0.3) is 6.08 Å². The first kappa shape index (κ1) is 17.3. The Hall–Kier alpha value is -1.77. The number of ether oxygens (including phenoxy) is 2. The molecule has 1 aromatic rings. The topological polar surface area (TPSA) is 35.5 Å². The Morgan fingerprint density at radius 1 is 1.19 bits per heavy atom. The summed E-state index contributed by atoms with van der Waals surface area (Å²) in [5.41, 5.74) is 0.949. The molecule has 3 nitrogen and oxygen atoms in total. The molecule has 0 N–H and O–H groups in total. The van der Waals surface area contributed by atoms with Crippen LogP contribution in [-0.4, -0.2) is 19.7 Å². The number of esters is 1. The summed E-state index contributed by atoms with van der Waals surface area (Å²) >= 11 is 0. The molecular formula is C18H26O3. The zero-order chi connectivity index (χ0) is 15.5. The normalized spacial score (nSPS) is 12.3. The van der Waals surface area contributed by atoms with E-state index in [0.29, 0.717) is 12.5 Å².